The van der Waals surface area contributed by atoms with Gasteiger partial charge in [-0.25, -0.2) is 4.39 Å². The van der Waals surface area contributed by atoms with Crippen LogP contribution in [0.3, 0.4) is 0 Å². The first-order valence-corrected chi connectivity index (χ1v) is 13.4. The van der Waals surface area contributed by atoms with Crippen LogP contribution in [0.4, 0.5) is 4.39 Å². The first-order valence-electron chi connectivity index (χ1n) is 9.95. The highest BCUT2D eigenvalue weighted by Gasteiger charge is 2.20. The van der Waals surface area contributed by atoms with Crippen molar-refractivity contribution in [2.24, 2.45) is 0 Å². The number of amides is 1. The molecule has 0 aliphatic heterocycles. The molecule has 0 unspecified atom stereocenters. The summed E-state index contributed by atoms with van der Waals surface area (Å²) in [5, 5.41) is 19.7. The van der Waals surface area contributed by atoms with Crippen LogP contribution in [0.5, 0.6) is 5.88 Å². The number of benzene rings is 1. The second-order valence-corrected chi connectivity index (χ2v) is 11.2. The van der Waals surface area contributed by atoms with Crippen molar-refractivity contribution < 1.29 is 28.1 Å². The van der Waals surface area contributed by atoms with E-state index >= 15 is 0 Å². The van der Waals surface area contributed by atoms with Crippen molar-refractivity contribution in [3.8, 4) is 17.1 Å². The van der Waals surface area contributed by atoms with Crippen molar-refractivity contribution in [3.63, 3.8) is 0 Å². The third-order valence-electron chi connectivity index (χ3n) is 3.63. The normalized spacial score (nSPS) is 10.5. The number of aliphatic hydroxyl groups excluding tert-OH is 1. The average molecular weight is 447 g/mol. The smallest absolute Gasteiger partial charge is 0.290 e. The summed E-state index contributed by atoms with van der Waals surface area (Å²) >= 11 is -0.139. The summed E-state index contributed by atoms with van der Waals surface area (Å²) in [6, 6.07) is 7.00. The van der Waals surface area contributed by atoms with Crippen LogP contribution in [0, 0.1) is 5.82 Å². The van der Waals surface area contributed by atoms with Crippen LogP contribution in [-0.4, -0.2) is 41.5 Å². The fourth-order valence-electron chi connectivity index (χ4n) is 2.36. The molecule has 8 nitrogen and oxygen atoms in total. The third-order valence-corrected chi connectivity index (χ3v) is 3.63. The number of nitrogens with one attached hydrogen (secondary N) is 1. The molecular weight excluding hydrogens is 420 g/mol. The molecule has 1 aromatic carbocycles. The highest BCUT2D eigenvalue weighted by atomic mass is 27.2. The van der Waals surface area contributed by atoms with Gasteiger partial charge in [0, 0.05) is 11.6 Å². The predicted octanol–water partition coefficient (Wildman–Crippen LogP) is 4.05. The molecule has 2 heterocycles. The largest absolute Gasteiger partial charge is 0.470 e. The summed E-state index contributed by atoms with van der Waals surface area (Å²) in [5.74, 6) is 6.47. The zero-order valence-electron chi connectivity index (χ0n) is 18.3. The molecule has 0 fully saturated rings. The molecule has 0 saturated heterocycles. The Morgan fingerprint density at radius 1 is 1.19 bits per heavy atom. The maximum Gasteiger partial charge on any atom is 0.290 e. The number of ether oxygens (including phenoxy) is 1. The van der Waals surface area contributed by atoms with Gasteiger partial charge >= 0.3 is 0 Å². The van der Waals surface area contributed by atoms with Gasteiger partial charge in [-0.3, -0.25) is 4.79 Å². The Hall–Kier alpha value is -2.67. The van der Waals surface area contributed by atoms with Gasteiger partial charge in [0.2, 0.25) is 5.76 Å². The van der Waals surface area contributed by atoms with Crippen molar-refractivity contribution in [1.82, 2.24) is 15.6 Å². The number of halogens is 1. The average Bonchev–Trinajstić information content (AvgIpc) is 3.33. The molecule has 0 saturated carbocycles. The lowest BCUT2D eigenvalue weighted by Gasteiger charge is -2.05. The Labute approximate surface area is 184 Å². The number of carbonyl (C=O) groups excluding carboxylic acids is 1. The topological polar surface area (TPSA) is 111 Å². The lowest BCUT2D eigenvalue weighted by molar-refractivity contribution is 0.0905. The van der Waals surface area contributed by atoms with E-state index in [0.717, 1.165) is 0 Å². The van der Waals surface area contributed by atoms with E-state index in [1.165, 1.54) is 18.2 Å². The molecule has 0 atom stereocenters. The van der Waals surface area contributed by atoms with Crippen LogP contribution in [0.1, 0.15) is 35.7 Å². The van der Waals surface area contributed by atoms with E-state index in [1.807, 2.05) is 13.8 Å². The van der Waals surface area contributed by atoms with E-state index < -0.39 is 5.91 Å². The highest BCUT2D eigenvalue weighted by molar-refractivity contribution is 6.54. The van der Waals surface area contributed by atoms with Gasteiger partial charge in [-0.15, -0.1) is 17.4 Å². The maximum absolute atomic E-state index is 13.1. The summed E-state index contributed by atoms with van der Waals surface area (Å²) < 4.78 is 28.8. The summed E-state index contributed by atoms with van der Waals surface area (Å²) in [7, 11) is 0. The van der Waals surface area contributed by atoms with Crippen molar-refractivity contribution >= 4 is 20.1 Å². The predicted molar refractivity (Wildman–Crippen MR) is 115 cm³/mol. The van der Waals surface area contributed by atoms with Crippen LogP contribution in [0.2, 0.25) is 17.4 Å². The van der Waals surface area contributed by atoms with Crippen molar-refractivity contribution in [3.05, 3.63) is 53.2 Å². The van der Waals surface area contributed by atoms with Gasteiger partial charge in [-0.2, -0.15) is 0 Å². The number of carbonyl (C=O) groups is 1. The Kier molecular flexibility index (Phi) is 9.25. The Bertz CT molecular complexity index is 967. The minimum absolute atomic E-state index is 0.0187. The van der Waals surface area contributed by atoms with Gasteiger partial charge in [0.25, 0.3) is 25.9 Å². The van der Waals surface area contributed by atoms with E-state index in [0.29, 0.717) is 16.8 Å². The quantitative estimate of drug-likeness (QED) is 0.526. The second kappa shape index (κ2) is 11.7. The van der Waals surface area contributed by atoms with Crippen molar-refractivity contribution in [1.29, 1.82) is 0 Å². The molecule has 3 aromatic rings. The fraction of sp³-hybridized carbons (Fsp3) is 0.381. The van der Waals surface area contributed by atoms with Crippen molar-refractivity contribution in [2.45, 2.75) is 50.5 Å². The molecular formula is C21H27AlFN3O5. The second-order valence-electron chi connectivity index (χ2n) is 7.78. The molecule has 0 aliphatic carbocycles. The SMILES string of the molecule is CC(C)NC(=O)c1cc(OCc2c(-c3ccc(F)cc3)noc2CO)no1.[CH3][Al]([CH3])[CH3]. The molecule has 0 radical (unpaired) electrons. The molecule has 10 heteroatoms. The Morgan fingerprint density at radius 2 is 1.84 bits per heavy atom. The molecule has 2 aromatic heterocycles. The first-order chi connectivity index (χ1) is 14.7. The summed E-state index contributed by atoms with van der Waals surface area (Å²) in [5.41, 5.74) is 1.51. The van der Waals surface area contributed by atoms with Crippen LogP contribution in [0.25, 0.3) is 11.3 Å². The lowest BCUT2D eigenvalue weighted by Crippen LogP contribution is -2.29. The first kappa shape index (κ1) is 24.6. The van der Waals surface area contributed by atoms with Crippen LogP contribution < -0.4 is 10.1 Å². The van der Waals surface area contributed by atoms with Crippen LogP contribution >= 0.6 is 0 Å². The van der Waals surface area contributed by atoms with Crippen LogP contribution in [-0.2, 0) is 13.2 Å². The zero-order valence-corrected chi connectivity index (χ0v) is 19.5. The van der Waals surface area contributed by atoms with Gasteiger partial charge in [0.1, 0.15) is 24.7 Å². The van der Waals surface area contributed by atoms with Gasteiger partial charge in [0.15, 0.2) is 5.76 Å². The summed E-state index contributed by atoms with van der Waals surface area (Å²) in [6.45, 7) is 3.23. The summed E-state index contributed by atoms with van der Waals surface area (Å²) in [4.78, 5) is 11.9. The molecule has 0 aliphatic rings. The minimum Gasteiger partial charge on any atom is -0.470 e. The number of hydrogen-bond donors (Lipinski definition) is 2. The third kappa shape index (κ3) is 7.51. The van der Waals surface area contributed by atoms with Crippen LogP contribution in [0.15, 0.2) is 39.4 Å². The Balaban J connectivity index is 0.000000785. The monoisotopic (exact) mass is 447 g/mol. The van der Waals surface area contributed by atoms with E-state index in [1.54, 1.807) is 12.1 Å². The number of aliphatic hydroxyl groups is 1. The highest BCUT2D eigenvalue weighted by Crippen LogP contribution is 2.27. The lowest BCUT2D eigenvalue weighted by atomic mass is 10.1. The maximum atomic E-state index is 13.1. The van der Waals surface area contributed by atoms with Crippen molar-refractivity contribution in [2.75, 3.05) is 0 Å². The molecule has 0 bridgehead atoms. The minimum atomic E-state index is -0.402. The van der Waals surface area contributed by atoms with Gasteiger partial charge in [0.05, 0.1) is 11.6 Å². The van der Waals surface area contributed by atoms with Gasteiger partial charge in [-0.1, -0.05) is 5.16 Å². The van der Waals surface area contributed by atoms with Gasteiger partial charge in [-0.05, 0) is 43.3 Å². The summed E-state index contributed by atoms with van der Waals surface area (Å²) in [6.07, 6.45) is 0. The Morgan fingerprint density at radius 3 is 2.42 bits per heavy atom. The fourth-order valence-corrected chi connectivity index (χ4v) is 2.36. The number of nitrogens with zero attached hydrogens (tertiary/aromatic N) is 2. The molecule has 166 valence electrons. The van der Waals surface area contributed by atoms with E-state index in [-0.39, 0.29) is 56.6 Å². The number of hydrogen-bond acceptors (Lipinski definition) is 7. The zero-order chi connectivity index (χ0) is 23.0. The molecule has 3 rings (SSSR count). The molecule has 2 N–H and O–H groups in total. The van der Waals surface area contributed by atoms with E-state index in [9.17, 15) is 14.3 Å². The molecule has 31 heavy (non-hydrogen) atoms. The van der Waals surface area contributed by atoms with E-state index in [4.69, 9.17) is 13.8 Å². The standard InChI is InChI=1S/C18H18FN3O5.3CH3.Al/c1-10(2)20-18(24)14-7-16(21-26-14)25-9-13-15(8-23)27-22-17(13)11-3-5-12(19)6-4-11;;;;/h3-7,10,23H,8-9H2,1-2H3,(H,20,24);3*1H3;. The van der Waals surface area contributed by atoms with E-state index in [2.05, 4.69) is 33.0 Å². The molecule has 1 amide bonds. The number of aromatic nitrogens is 2. The number of rotatable bonds is 7. The van der Waals surface area contributed by atoms with Gasteiger partial charge < -0.3 is 24.2 Å². The molecule has 0 spiro atoms.